The highest BCUT2D eigenvalue weighted by atomic mass is 127. The van der Waals surface area contributed by atoms with E-state index in [0.717, 1.165) is 12.8 Å². The van der Waals surface area contributed by atoms with E-state index in [1.54, 1.807) is 0 Å². The van der Waals surface area contributed by atoms with Crippen molar-refractivity contribution >= 4 is 28.6 Å². The van der Waals surface area contributed by atoms with Crippen LogP contribution in [0.3, 0.4) is 0 Å². The van der Waals surface area contributed by atoms with Gasteiger partial charge < -0.3 is 4.74 Å². The van der Waals surface area contributed by atoms with E-state index in [1.807, 2.05) is 13.0 Å². The molecule has 0 fully saturated rings. The first-order valence-electron chi connectivity index (χ1n) is 5.53. The van der Waals surface area contributed by atoms with Gasteiger partial charge in [0.25, 0.3) is 0 Å². The summed E-state index contributed by atoms with van der Waals surface area (Å²) >= 11 is 2.26. The van der Waals surface area contributed by atoms with Crippen molar-refractivity contribution in [2.24, 2.45) is 0 Å². The van der Waals surface area contributed by atoms with Gasteiger partial charge in [0.1, 0.15) is 0 Å². The topological polar surface area (TPSA) is 26.3 Å². The molecule has 0 saturated heterocycles. The van der Waals surface area contributed by atoms with E-state index in [0.29, 0.717) is 6.61 Å². The predicted molar refractivity (Wildman–Crippen MR) is 74.4 cm³/mol. The second kappa shape index (κ2) is 6.89. The molecule has 1 rings (SSSR count). The van der Waals surface area contributed by atoms with E-state index < -0.39 is 0 Å². The first-order valence-corrected chi connectivity index (χ1v) is 6.77. The first-order chi connectivity index (χ1) is 7.69. The summed E-state index contributed by atoms with van der Waals surface area (Å²) in [7, 11) is 0. The molecular formula is C13H17IO2. The van der Waals surface area contributed by atoms with Gasteiger partial charge >= 0.3 is 5.97 Å². The third-order valence-electron chi connectivity index (χ3n) is 2.61. The van der Waals surface area contributed by atoms with E-state index in [9.17, 15) is 4.79 Å². The lowest BCUT2D eigenvalue weighted by atomic mass is 10.1. The van der Waals surface area contributed by atoms with Crippen molar-refractivity contribution in [2.75, 3.05) is 6.61 Å². The van der Waals surface area contributed by atoms with Crippen LogP contribution >= 0.6 is 22.6 Å². The Balaban J connectivity index is 2.75. The van der Waals surface area contributed by atoms with Gasteiger partial charge in [0.05, 0.1) is 6.61 Å². The molecule has 2 nitrogen and oxygen atoms in total. The number of carbonyl (C=O) groups is 1. The molecule has 0 unspecified atom stereocenters. The highest BCUT2D eigenvalue weighted by molar-refractivity contribution is 14.1. The molecule has 16 heavy (non-hydrogen) atoms. The van der Waals surface area contributed by atoms with Crippen molar-refractivity contribution in [1.82, 2.24) is 0 Å². The largest absolute Gasteiger partial charge is 0.463 e. The summed E-state index contributed by atoms with van der Waals surface area (Å²) in [5, 5.41) is 0. The van der Waals surface area contributed by atoms with E-state index in [2.05, 4.69) is 33.6 Å². The van der Waals surface area contributed by atoms with Crippen molar-refractivity contribution < 1.29 is 9.53 Å². The molecule has 1 aliphatic rings. The molecule has 3 heteroatoms. The first kappa shape index (κ1) is 13.5. The molecule has 0 atom stereocenters. The van der Waals surface area contributed by atoms with Crippen LogP contribution in [0.15, 0.2) is 33.0 Å². The lowest BCUT2D eigenvalue weighted by molar-refractivity contribution is -0.137. The highest BCUT2D eigenvalue weighted by Crippen LogP contribution is 2.32. The van der Waals surface area contributed by atoms with Crippen LogP contribution in [0.2, 0.25) is 0 Å². The summed E-state index contributed by atoms with van der Waals surface area (Å²) < 4.78 is 6.95. The summed E-state index contributed by atoms with van der Waals surface area (Å²) in [4.78, 5) is 11.2. The van der Waals surface area contributed by atoms with E-state index >= 15 is 0 Å². The average Bonchev–Trinajstić information content (AvgIpc) is 2.74. The third kappa shape index (κ3) is 3.77. The molecule has 0 spiro atoms. The zero-order chi connectivity index (χ0) is 12.0. The van der Waals surface area contributed by atoms with Gasteiger partial charge in [-0.3, -0.25) is 0 Å². The number of esters is 1. The summed E-state index contributed by atoms with van der Waals surface area (Å²) in [6, 6.07) is 0. The SMILES string of the molecule is CCOC(=O)/C=C/C1=C(C(/C)=C/I)CCC1. The standard InChI is InChI=1S/C13H17IO2/c1-3-16-13(15)8-7-11-5-4-6-12(11)10(2)9-14/h7-9H,3-6H2,1-2H3/b8-7+,10-9+. The number of ether oxygens (including phenoxy) is 1. The molecule has 0 saturated carbocycles. The van der Waals surface area contributed by atoms with Crippen molar-refractivity contribution in [3.63, 3.8) is 0 Å². The Morgan fingerprint density at radius 1 is 1.50 bits per heavy atom. The van der Waals surface area contributed by atoms with Crippen LogP contribution in [0.25, 0.3) is 0 Å². The molecule has 0 aromatic heterocycles. The Morgan fingerprint density at radius 3 is 2.88 bits per heavy atom. The minimum atomic E-state index is -0.252. The molecule has 0 N–H and O–H groups in total. The average molecular weight is 332 g/mol. The molecule has 1 aliphatic carbocycles. The van der Waals surface area contributed by atoms with Crippen molar-refractivity contribution in [1.29, 1.82) is 0 Å². The van der Waals surface area contributed by atoms with Gasteiger partial charge in [-0.25, -0.2) is 4.79 Å². The van der Waals surface area contributed by atoms with E-state index in [4.69, 9.17) is 4.74 Å². The van der Waals surface area contributed by atoms with E-state index in [1.165, 1.54) is 29.2 Å². The zero-order valence-electron chi connectivity index (χ0n) is 9.75. The lowest BCUT2D eigenvalue weighted by Gasteiger charge is -2.03. The Hall–Kier alpha value is -0.580. The molecule has 0 heterocycles. The van der Waals surface area contributed by atoms with E-state index in [-0.39, 0.29) is 5.97 Å². The second-order valence-corrected chi connectivity index (χ2v) is 4.36. The summed E-state index contributed by atoms with van der Waals surface area (Å²) in [5.74, 6) is -0.252. The van der Waals surface area contributed by atoms with Crippen LogP contribution in [0.5, 0.6) is 0 Å². The molecule has 0 amide bonds. The maximum absolute atomic E-state index is 11.2. The number of carbonyl (C=O) groups excluding carboxylic acids is 1. The Kier molecular flexibility index (Phi) is 5.80. The van der Waals surface area contributed by atoms with Crippen LogP contribution in [0.1, 0.15) is 33.1 Å². The fourth-order valence-electron chi connectivity index (χ4n) is 1.83. The third-order valence-corrected chi connectivity index (χ3v) is 3.54. The number of allylic oxidation sites excluding steroid dienone is 4. The molecule has 0 aromatic carbocycles. The maximum atomic E-state index is 11.2. The van der Waals surface area contributed by atoms with Gasteiger partial charge in [0.2, 0.25) is 0 Å². The Labute approximate surface area is 111 Å². The molecule has 0 radical (unpaired) electrons. The molecule has 0 bridgehead atoms. The smallest absolute Gasteiger partial charge is 0.330 e. The molecule has 0 aliphatic heterocycles. The maximum Gasteiger partial charge on any atom is 0.330 e. The van der Waals surface area contributed by atoms with Crippen LogP contribution < -0.4 is 0 Å². The van der Waals surface area contributed by atoms with Crippen molar-refractivity contribution in [2.45, 2.75) is 33.1 Å². The van der Waals surface area contributed by atoms with Gasteiger partial charge in [0, 0.05) is 6.08 Å². The molecular weight excluding hydrogens is 315 g/mol. The molecule has 88 valence electrons. The minimum Gasteiger partial charge on any atom is -0.463 e. The summed E-state index contributed by atoms with van der Waals surface area (Å²) in [6.07, 6.45) is 6.80. The zero-order valence-corrected chi connectivity index (χ0v) is 11.9. The van der Waals surface area contributed by atoms with Gasteiger partial charge in [-0.15, -0.1) is 0 Å². The number of hydrogen-bond donors (Lipinski definition) is 0. The van der Waals surface area contributed by atoms with Crippen molar-refractivity contribution in [3.8, 4) is 0 Å². The van der Waals surface area contributed by atoms with Crippen LogP contribution in [0, 0.1) is 0 Å². The quantitative estimate of drug-likeness (QED) is 0.443. The fourth-order valence-corrected chi connectivity index (χ4v) is 2.20. The van der Waals surface area contributed by atoms with Crippen molar-refractivity contribution in [3.05, 3.63) is 33.0 Å². The minimum absolute atomic E-state index is 0.252. The number of halogens is 1. The number of rotatable bonds is 4. The van der Waals surface area contributed by atoms with Gasteiger partial charge in [-0.1, -0.05) is 28.7 Å². The van der Waals surface area contributed by atoms with Gasteiger partial charge in [0.15, 0.2) is 0 Å². The number of hydrogen-bond acceptors (Lipinski definition) is 2. The fraction of sp³-hybridized carbons (Fsp3) is 0.462. The second-order valence-electron chi connectivity index (χ2n) is 3.73. The Morgan fingerprint density at radius 2 is 2.25 bits per heavy atom. The van der Waals surface area contributed by atoms with Crippen LogP contribution in [0.4, 0.5) is 0 Å². The monoisotopic (exact) mass is 332 g/mol. The summed E-state index contributed by atoms with van der Waals surface area (Å²) in [6.45, 7) is 4.36. The molecule has 0 aromatic rings. The summed E-state index contributed by atoms with van der Waals surface area (Å²) in [5.41, 5.74) is 3.97. The highest BCUT2D eigenvalue weighted by Gasteiger charge is 2.13. The predicted octanol–water partition coefficient (Wildman–Crippen LogP) is 3.93. The van der Waals surface area contributed by atoms with Crippen LogP contribution in [-0.4, -0.2) is 12.6 Å². The van der Waals surface area contributed by atoms with Gasteiger partial charge in [-0.05, 0) is 53.9 Å². The lowest BCUT2D eigenvalue weighted by Crippen LogP contribution is -1.99. The Bertz CT molecular complexity index is 351. The normalized spacial score (nSPS) is 17.3. The van der Waals surface area contributed by atoms with Crippen LogP contribution in [-0.2, 0) is 9.53 Å². The van der Waals surface area contributed by atoms with Gasteiger partial charge in [-0.2, -0.15) is 0 Å².